The number of hydrogen-bond acceptors (Lipinski definition) is 6. The van der Waals surface area contributed by atoms with Gasteiger partial charge in [0.15, 0.2) is 0 Å². The first-order chi connectivity index (χ1) is 25.1. The molecular weight excluding hydrogens is 665 g/mol. The molecule has 8 heteroatoms. The van der Waals surface area contributed by atoms with Crippen molar-refractivity contribution in [3.05, 3.63) is 118 Å². The predicted molar refractivity (Wildman–Crippen MR) is 206 cm³/mol. The Bertz CT molecular complexity index is 2070. The number of imide groups is 2. The van der Waals surface area contributed by atoms with Crippen molar-refractivity contribution < 1.29 is 28.7 Å². The third-order valence-electron chi connectivity index (χ3n) is 12.4. The first-order valence-electron chi connectivity index (χ1n) is 18.7. The molecule has 2 aliphatic heterocycles. The van der Waals surface area contributed by atoms with Crippen LogP contribution in [0.1, 0.15) is 141 Å². The minimum absolute atomic E-state index is 0.165. The summed E-state index contributed by atoms with van der Waals surface area (Å²) in [5.41, 5.74) is 2.66. The Morgan fingerprint density at radius 2 is 0.887 bits per heavy atom. The highest BCUT2D eigenvalue weighted by molar-refractivity contribution is 6.22. The maximum absolute atomic E-state index is 13.5. The molecule has 4 amide bonds. The van der Waals surface area contributed by atoms with E-state index in [9.17, 15) is 19.2 Å². The molecule has 0 saturated heterocycles. The van der Waals surface area contributed by atoms with E-state index in [4.69, 9.17) is 9.47 Å². The second kappa shape index (κ2) is 14.0. The first kappa shape index (κ1) is 37.5. The van der Waals surface area contributed by atoms with Gasteiger partial charge >= 0.3 is 0 Å². The summed E-state index contributed by atoms with van der Waals surface area (Å²) in [6.45, 7) is 18.5. The molecule has 8 nitrogen and oxygen atoms in total. The van der Waals surface area contributed by atoms with Gasteiger partial charge in [0, 0.05) is 17.0 Å². The number of benzene rings is 4. The summed E-state index contributed by atoms with van der Waals surface area (Å²) < 4.78 is 12.3. The van der Waals surface area contributed by atoms with E-state index in [0.717, 1.165) is 24.0 Å². The van der Waals surface area contributed by atoms with Gasteiger partial charge in [-0.05, 0) is 117 Å². The number of hydrogen-bond donors (Lipinski definition) is 0. The van der Waals surface area contributed by atoms with Crippen molar-refractivity contribution in [1.29, 1.82) is 0 Å². The number of rotatable bonds is 13. The Labute approximate surface area is 313 Å². The zero-order valence-electron chi connectivity index (χ0n) is 32.3. The lowest BCUT2D eigenvalue weighted by atomic mass is 9.77. The second-order valence-corrected chi connectivity index (χ2v) is 15.5. The average Bonchev–Trinajstić information content (AvgIpc) is 3.57. The Morgan fingerprint density at radius 3 is 1.32 bits per heavy atom. The summed E-state index contributed by atoms with van der Waals surface area (Å²) in [6.07, 6.45) is 3.08. The number of ether oxygens (including phenoxy) is 2. The van der Waals surface area contributed by atoms with Gasteiger partial charge in [0.25, 0.3) is 23.6 Å². The van der Waals surface area contributed by atoms with E-state index < -0.39 is 5.54 Å². The van der Waals surface area contributed by atoms with Crippen molar-refractivity contribution in [3.8, 4) is 23.0 Å². The number of fused-ring (bicyclic) bond motifs is 2. The fourth-order valence-electron chi connectivity index (χ4n) is 7.46. The van der Waals surface area contributed by atoms with Gasteiger partial charge in [0.2, 0.25) is 0 Å². The molecule has 6 rings (SSSR count). The van der Waals surface area contributed by atoms with Gasteiger partial charge in [0.1, 0.15) is 23.0 Å². The number of amides is 4. The summed E-state index contributed by atoms with van der Waals surface area (Å²) in [5, 5.41) is 0. The molecule has 0 N–H and O–H groups in total. The van der Waals surface area contributed by atoms with Gasteiger partial charge < -0.3 is 9.47 Å². The van der Waals surface area contributed by atoms with Crippen LogP contribution < -0.4 is 9.47 Å². The SMILES string of the molecule is CCC(C)(CC)C(C)N1C(=O)c2ccc(Oc3ccc(C(C)(C)c4ccc(Oc5ccc6c(c5)C(=O)N(C(C)(CC)CC)C6=O)cc4)cc3)cc2C1=O. The Hall–Kier alpha value is -5.24. The predicted octanol–water partition coefficient (Wildman–Crippen LogP) is 10.6. The quantitative estimate of drug-likeness (QED) is 0.128. The van der Waals surface area contributed by atoms with Crippen molar-refractivity contribution in [2.24, 2.45) is 5.41 Å². The van der Waals surface area contributed by atoms with E-state index in [1.165, 1.54) is 9.80 Å². The van der Waals surface area contributed by atoms with Gasteiger partial charge in [-0.3, -0.25) is 29.0 Å². The summed E-state index contributed by atoms with van der Waals surface area (Å²) >= 11 is 0. The molecule has 0 bridgehead atoms. The lowest BCUT2D eigenvalue weighted by molar-refractivity contribution is 0.0414. The van der Waals surface area contributed by atoms with Crippen molar-refractivity contribution in [2.45, 2.75) is 105 Å². The molecule has 276 valence electrons. The molecule has 0 fully saturated rings. The van der Waals surface area contributed by atoms with Crippen LogP contribution in [0.4, 0.5) is 0 Å². The van der Waals surface area contributed by atoms with Gasteiger partial charge in [0.05, 0.1) is 22.3 Å². The van der Waals surface area contributed by atoms with E-state index in [-0.39, 0.29) is 40.5 Å². The van der Waals surface area contributed by atoms with Crippen molar-refractivity contribution in [1.82, 2.24) is 9.80 Å². The molecule has 2 heterocycles. The molecule has 0 aromatic heterocycles. The van der Waals surface area contributed by atoms with Crippen molar-refractivity contribution >= 4 is 23.6 Å². The molecule has 4 aromatic carbocycles. The molecular formula is C45H50N2O6. The molecule has 1 unspecified atom stereocenters. The maximum atomic E-state index is 13.5. The largest absolute Gasteiger partial charge is 0.457 e. The molecule has 53 heavy (non-hydrogen) atoms. The minimum Gasteiger partial charge on any atom is -0.457 e. The van der Waals surface area contributed by atoms with E-state index in [1.54, 1.807) is 36.4 Å². The second-order valence-electron chi connectivity index (χ2n) is 15.5. The maximum Gasteiger partial charge on any atom is 0.262 e. The van der Waals surface area contributed by atoms with Crippen LogP contribution >= 0.6 is 0 Å². The lowest BCUT2D eigenvalue weighted by Crippen LogP contribution is -2.48. The monoisotopic (exact) mass is 714 g/mol. The van der Waals surface area contributed by atoms with Gasteiger partial charge in [-0.1, -0.05) is 72.7 Å². The molecule has 0 aliphatic carbocycles. The van der Waals surface area contributed by atoms with Gasteiger partial charge in [-0.15, -0.1) is 0 Å². The number of nitrogens with zero attached hydrogens (tertiary/aromatic N) is 2. The molecule has 4 aromatic rings. The Balaban J connectivity index is 1.13. The molecule has 0 radical (unpaired) electrons. The normalized spacial score (nSPS) is 15.2. The number of carbonyl (C=O) groups is 4. The zero-order chi connectivity index (χ0) is 38.5. The van der Waals surface area contributed by atoms with Crippen LogP contribution in [0.25, 0.3) is 0 Å². The molecule has 2 aliphatic rings. The number of carbonyl (C=O) groups excluding carboxylic acids is 4. The van der Waals surface area contributed by atoms with E-state index >= 15 is 0 Å². The van der Waals surface area contributed by atoms with Crippen LogP contribution in [0.15, 0.2) is 84.9 Å². The van der Waals surface area contributed by atoms with E-state index in [0.29, 0.717) is 58.1 Å². The van der Waals surface area contributed by atoms with Crippen LogP contribution in [0.2, 0.25) is 0 Å². The van der Waals surface area contributed by atoms with Crippen LogP contribution in [0.5, 0.6) is 23.0 Å². The average molecular weight is 715 g/mol. The Morgan fingerprint density at radius 1 is 0.509 bits per heavy atom. The van der Waals surface area contributed by atoms with Crippen molar-refractivity contribution in [3.63, 3.8) is 0 Å². The summed E-state index contributed by atoms with van der Waals surface area (Å²) in [6, 6.07) is 25.6. The molecule has 1 atom stereocenters. The first-order valence-corrected chi connectivity index (χ1v) is 18.7. The minimum atomic E-state index is -0.538. The zero-order valence-corrected chi connectivity index (χ0v) is 32.3. The topological polar surface area (TPSA) is 93.2 Å². The van der Waals surface area contributed by atoms with Crippen LogP contribution in [-0.2, 0) is 5.41 Å². The van der Waals surface area contributed by atoms with E-state index in [1.807, 2.05) is 76.2 Å². The fraction of sp³-hybridized carbons (Fsp3) is 0.378. The fourth-order valence-corrected chi connectivity index (χ4v) is 7.46. The van der Waals surface area contributed by atoms with Gasteiger partial charge in [-0.2, -0.15) is 0 Å². The third kappa shape index (κ3) is 6.42. The summed E-state index contributed by atoms with van der Waals surface area (Å²) in [7, 11) is 0. The van der Waals surface area contributed by atoms with Crippen LogP contribution in [0.3, 0.4) is 0 Å². The van der Waals surface area contributed by atoms with Gasteiger partial charge in [-0.25, -0.2) is 0 Å². The third-order valence-corrected chi connectivity index (χ3v) is 12.4. The highest BCUT2D eigenvalue weighted by atomic mass is 16.5. The van der Waals surface area contributed by atoms with Crippen LogP contribution in [0, 0.1) is 5.41 Å². The smallest absolute Gasteiger partial charge is 0.262 e. The van der Waals surface area contributed by atoms with E-state index in [2.05, 4.69) is 34.6 Å². The summed E-state index contributed by atoms with van der Waals surface area (Å²) in [4.78, 5) is 56.1. The summed E-state index contributed by atoms with van der Waals surface area (Å²) in [5.74, 6) is 1.16. The highest BCUT2D eigenvalue weighted by Gasteiger charge is 2.46. The molecule has 0 saturated carbocycles. The molecule has 0 spiro atoms. The van der Waals surface area contributed by atoms with Crippen LogP contribution in [-0.4, -0.2) is 45.0 Å². The standard InChI is InChI=1S/C45H50N2O6/c1-10-44(8,11-2)28(5)46-39(48)35-24-22-33(26-37(35)40(46)49)52-31-18-14-29(15-19-31)43(6,7)30-16-20-32(21-17-30)53-34-23-25-36-38(27-34)42(51)47(41(36)50)45(9,12-3)13-4/h14-28H,10-13H2,1-9H3. The van der Waals surface area contributed by atoms with Crippen molar-refractivity contribution in [2.75, 3.05) is 0 Å². The Kier molecular flexibility index (Phi) is 9.88. The highest BCUT2D eigenvalue weighted by Crippen LogP contribution is 2.40. The lowest BCUT2D eigenvalue weighted by Gasteiger charge is -2.38.